The lowest BCUT2D eigenvalue weighted by molar-refractivity contribution is 0.414. The lowest BCUT2D eigenvalue weighted by Gasteiger charge is -2.11. The van der Waals surface area contributed by atoms with E-state index in [1.54, 1.807) is 19.2 Å². The Morgan fingerprint density at radius 1 is 1.10 bits per heavy atom. The van der Waals surface area contributed by atoms with Crippen LogP contribution in [0.25, 0.3) is 0 Å². The quantitative estimate of drug-likeness (QED) is 0.783. The van der Waals surface area contributed by atoms with Crippen LogP contribution in [0.2, 0.25) is 10.0 Å². The molecule has 4 heteroatoms. The Hall–Kier alpha value is -1.69. The van der Waals surface area contributed by atoms with Gasteiger partial charge >= 0.3 is 0 Å². The summed E-state index contributed by atoms with van der Waals surface area (Å²) < 4.78 is 5.13. The van der Waals surface area contributed by atoms with Crippen molar-refractivity contribution in [2.75, 3.05) is 7.11 Å². The molecular weight excluding hydrogens is 305 g/mol. The molecule has 0 saturated heterocycles. The second-order valence-corrected chi connectivity index (χ2v) is 5.66. The van der Waals surface area contributed by atoms with Gasteiger partial charge in [-0.3, -0.25) is 0 Å². The average molecular weight is 320 g/mol. The number of nitrogens with zero attached hydrogens (tertiary/aromatic N) is 1. The summed E-state index contributed by atoms with van der Waals surface area (Å²) in [7, 11) is 1.63. The van der Waals surface area contributed by atoms with E-state index in [-0.39, 0.29) is 5.92 Å². The van der Waals surface area contributed by atoms with Crippen LogP contribution in [0.5, 0.6) is 5.75 Å². The highest BCUT2D eigenvalue weighted by atomic mass is 35.5. The van der Waals surface area contributed by atoms with Crippen LogP contribution < -0.4 is 4.74 Å². The van der Waals surface area contributed by atoms with Gasteiger partial charge in [-0.2, -0.15) is 5.26 Å². The first-order chi connectivity index (χ1) is 10.1. The van der Waals surface area contributed by atoms with Crippen molar-refractivity contribution in [1.29, 1.82) is 5.26 Å². The second kappa shape index (κ2) is 7.36. The number of halogens is 2. The van der Waals surface area contributed by atoms with Gasteiger partial charge in [0.05, 0.1) is 19.1 Å². The Morgan fingerprint density at radius 3 is 2.38 bits per heavy atom. The van der Waals surface area contributed by atoms with Crippen molar-refractivity contribution in [3.05, 3.63) is 63.6 Å². The van der Waals surface area contributed by atoms with E-state index >= 15 is 0 Å². The molecule has 0 aliphatic carbocycles. The number of hydrogen-bond acceptors (Lipinski definition) is 2. The van der Waals surface area contributed by atoms with Crippen molar-refractivity contribution in [2.24, 2.45) is 5.92 Å². The largest absolute Gasteiger partial charge is 0.497 e. The number of nitriles is 1. The predicted molar refractivity (Wildman–Crippen MR) is 86.0 cm³/mol. The third-order valence-corrected chi connectivity index (χ3v) is 3.89. The molecule has 0 radical (unpaired) electrons. The molecule has 0 bridgehead atoms. The van der Waals surface area contributed by atoms with Crippen LogP contribution >= 0.6 is 23.2 Å². The third kappa shape index (κ3) is 4.39. The first-order valence-electron chi connectivity index (χ1n) is 6.59. The fraction of sp³-hybridized carbons (Fsp3) is 0.235. The summed E-state index contributed by atoms with van der Waals surface area (Å²) in [5.41, 5.74) is 2.05. The smallest absolute Gasteiger partial charge is 0.118 e. The molecule has 0 fully saturated rings. The van der Waals surface area contributed by atoms with Gasteiger partial charge < -0.3 is 4.74 Å². The molecule has 2 aromatic carbocycles. The van der Waals surface area contributed by atoms with Gasteiger partial charge in [-0.1, -0.05) is 41.4 Å². The molecule has 0 aliphatic heterocycles. The minimum atomic E-state index is -0.128. The predicted octanol–water partition coefficient (Wildman–Crippen LogP) is 4.93. The number of ether oxygens (including phenoxy) is 1. The van der Waals surface area contributed by atoms with Gasteiger partial charge in [0.15, 0.2) is 0 Å². The van der Waals surface area contributed by atoms with Crippen molar-refractivity contribution in [3.8, 4) is 11.8 Å². The van der Waals surface area contributed by atoms with Gasteiger partial charge in [0, 0.05) is 10.0 Å². The molecule has 0 saturated carbocycles. The average Bonchev–Trinajstić information content (AvgIpc) is 2.49. The normalized spacial score (nSPS) is 11.7. The molecule has 0 aliphatic rings. The Bertz CT molecular complexity index is 647. The molecule has 2 rings (SSSR count). The van der Waals surface area contributed by atoms with Crippen molar-refractivity contribution in [3.63, 3.8) is 0 Å². The Balaban J connectivity index is 2.07. The number of hydrogen-bond donors (Lipinski definition) is 0. The Morgan fingerprint density at radius 2 is 1.81 bits per heavy atom. The van der Waals surface area contributed by atoms with E-state index in [1.165, 1.54) is 0 Å². The van der Waals surface area contributed by atoms with Crippen LogP contribution in [-0.2, 0) is 12.8 Å². The molecule has 0 amide bonds. The van der Waals surface area contributed by atoms with Crippen LogP contribution in [0, 0.1) is 17.2 Å². The Labute approximate surface area is 134 Å². The van der Waals surface area contributed by atoms with Gasteiger partial charge in [-0.05, 0) is 48.2 Å². The minimum Gasteiger partial charge on any atom is -0.497 e. The van der Waals surface area contributed by atoms with Crippen LogP contribution in [-0.4, -0.2) is 7.11 Å². The van der Waals surface area contributed by atoms with Gasteiger partial charge in [-0.25, -0.2) is 0 Å². The Kier molecular flexibility index (Phi) is 5.50. The summed E-state index contributed by atoms with van der Waals surface area (Å²) in [5.74, 6) is 0.685. The summed E-state index contributed by atoms with van der Waals surface area (Å²) >= 11 is 12.0. The van der Waals surface area contributed by atoms with Crippen molar-refractivity contribution >= 4 is 23.2 Å². The standard InChI is InChI=1S/C17H15Cl2NO/c1-21-16-6-2-12(3-7-16)8-13(11-20)9-14-4-5-15(18)10-17(14)19/h2-7,10,13H,8-9H2,1H3. The highest BCUT2D eigenvalue weighted by molar-refractivity contribution is 6.35. The lowest BCUT2D eigenvalue weighted by atomic mass is 9.94. The first kappa shape index (κ1) is 15.7. The highest BCUT2D eigenvalue weighted by Crippen LogP contribution is 2.25. The van der Waals surface area contributed by atoms with Crippen molar-refractivity contribution in [1.82, 2.24) is 0 Å². The van der Waals surface area contributed by atoms with E-state index in [0.29, 0.717) is 22.9 Å². The molecular formula is C17H15Cl2NO. The van der Waals surface area contributed by atoms with Crippen molar-refractivity contribution < 1.29 is 4.74 Å². The van der Waals surface area contributed by atoms with Gasteiger partial charge in [0.1, 0.15) is 5.75 Å². The van der Waals surface area contributed by atoms with E-state index in [4.69, 9.17) is 27.9 Å². The molecule has 0 spiro atoms. The topological polar surface area (TPSA) is 33.0 Å². The van der Waals surface area contributed by atoms with E-state index < -0.39 is 0 Å². The molecule has 108 valence electrons. The fourth-order valence-corrected chi connectivity index (χ4v) is 2.65. The fourth-order valence-electron chi connectivity index (χ4n) is 2.16. The molecule has 21 heavy (non-hydrogen) atoms. The maximum absolute atomic E-state index is 9.35. The van der Waals surface area contributed by atoms with Crippen molar-refractivity contribution in [2.45, 2.75) is 12.8 Å². The maximum atomic E-state index is 9.35. The molecule has 2 aromatic rings. The number of rotatable bonds is 5. The number of methoxy groups -OCH3 is 1. The van der Waals surface area contributed by atoms with Gasteiger partial charge in [0.25, 0.3) is 0 Å². The number of benzene rings is 2. The monoisotopic (exact) mass is 319 g/mol. The van der Waals surface area contributed by atoms with Crippen LogP contribution in [0.4, 0.5) is 0 Å². The van der Waals surface area contributed by atoms with E-state index in [9.17, 15) is 5.26 Å². The molecule has 0 heterocycles. The molecule has 1 unspecified atom stereocenters. The minimum absolute atomic E-state index is 0.128. The van der Waals surface area contributed by atoms with E-state index in [0.717, 1.165) is 16.9 Å². The van der Waals surface area contributed by atoms with Crippen LogP contribution in [0.3, 0.4) is 0 Å². The lowest BCUT2D eigenvalue weighted by Crippen LogP contribution is -2.06. The maximum Gasteiger partial charge on any atom is 0.118 e. The SMILES string of the molecule is COc1ccc(CC(C#N)Cc2ccc(Cl)cc2Cl)cc1. The van der Waals surface area contributed by atoms with Gasteiger partial charge in [0.2, 0.25) is 0 Å². The summed E-state index contributed by atoms with van der Waals surface area (Å²) in [5, 5.41) is 10.6. The summed E-state index contributed by atoms with van der Waals surface area (Å²) in [6, 6.07) is 15.5. The highest BCUT2D eigenvalue weighted by Gasteiger charge is 2.12. The second-order valence-electron chi connectivity index (χ2n) is 4.82. The molecule has 2 nitrogen and oxygen atoms in total. The zero-order valence-corrected chi connectivity index (χ0v) is 13.2. The third-order valence-electron chi connectivity index (χ3n) is 3.31. The zero-order chi connectivity index (χ0) is 15.2. The molecule has 0 N–H and O–H groups in total. The van der Waals surface area contributed by atoms with E-state index in [1.807, 2.05) is 30.3 Å². The van der Waals surface area contributed by atoms with Crippen LogP contribution in [0.15, 0.2) is 42.5 Å². The zero-order valence-electron chi connectivity index (χ0n) is 11.6. The summed E-state index contributed by atoms with van der Waals surface area (Å²) in [6.45, 7) is 0. The van der Waals surface area contributed by atoms with Gasteiger partial charge in [-0.15, -0.1) is 0 Å². The molecule has 0 aromatic heterocycles. The molecule has 1 atom stereocenters. The van der Waals surface area contributed by atoms with E-state index in [2.05, 4.69) is 6.07 Å². The first-order valence-corrected chi connectivity index (χ1v) is 7.34. The summed E-state index contributed by atoms with van der Waals surface area (Å²) in [6.07, 6.45) is 1.29. The summed E-state index contributed by atoms with van der Waals surface area (Å²) in [4.78, 5) is 0. The van der Waals surface area contributed by atoms with Crippen LogP contribution in [0.1, 0.15) is 11.1 Å².